The molecule has 0 saturated carbocycles. The van der Waals surface area contributed by atoms with Crippen LogP contribution in [-0.2, 0) is 4.74 Å². The van der Waals surface area contributed by atoms with Crippen molar-refractivity contribution in [3.8, 4) is 0 Å². The summed E-state index contributed by atoms with van der Waals surface area (Å²) in [5.41, 5.74) is -1.31. The Hall–Kier alpha value is -1.59. The second-order valence-corrected chi connectivity index (χ2v) is 5.86. The van der Waals surface area contributed by atoms with E-state index in [0.717, 1.165) is 6.34 Å². The summed E-state index contributed by atoms with van der Waals surface area (Å²) in [4.78, 5) is 15.2. The lowest BCUT2D eigenvalue weighted by atomic mass is 9.98. The number of piperazine rings is 1. The lowest BCUT2D eigenvalue weighted by Gasteiger charge is -2.46. The van der Waals surface area contributed by atoms with E-state index in [4.69, 9.17) is 15.6 Å². The molecule has 1 amide bonds. The molecule has 0 spiro atoms. The molecule has 0 bridgehead atoms. The van der Waals surface area contributed by atoms with E-state index < -0.39 is 17.2 Å². The standard InChI is InChI=1S/C12H22N4O2/c1-11(2,3)18-10(17)16-7-6-15(8-13)9(14)12(16,4)5/h8,13-14H,6-7H2,1-5H3. The first-order valence-electron chi connectivity index (χ1n) is 5.96. The Morgan fingerprint density at radius 1 is 1.39 bits per heavy atom. The fourth-order valence-corrected chi connectivity index (χ4v) is 1.84. The summed E-state index contributed by atoms with van der Waals surface area (Å²) in [7, 11) is 0. The van der Waals surface area contributed by atoms with Gasteiger partial charge in [-0.15, -0.1) is 0 Å². The Labute approximate surface area is 108 Å². The van der Waals surface area contributed by atoms with Crippen molar-refractivity contribution in [2.24, 2.45) is 0 Å². The van der Waals surface area contributed by atoms with Crippen molar-refractivity contribution in [1.29, 1.82) is 10.8 Å². The van der Waals surface area contributed by atoms with Gasteiger partial charge in [0, 0.05) is 13.1 Å². The number of rotatable bonds is 1. The second kappa shape index (κ2) is 4.59. The molecular formula is C12H22N4O2. The molecule has 0 unspecified atom stereocenters. The highest BCUT2D eigenvalue weighted by Gasteiger charge is 2.42. The maximum atomic E-state index is 12.1. The number of amidine groups is 1. The number of carbonyl (C=O) groups excluding carboxylic acids is 1. The average Bonchev–Trinajstić information content (AvgIpc) is 2.19. The lowest BCUT2D eigenvalue weighted by molar-refractivity contribution is 0.00761. The Morgan fingerprint density at radius 2 is 1.94 bits per heavy atom. The van der Waals surface area contributed by atoms with Crippen LogP contribution in [0.2, 0.25) is 0 Å². The van der Waals surface area contributed by atoms with Gasteiger partial charge in [0.1, 0.15) is 11.4 Å². The molecule has 0 aromatic carbocycles. The molecule has 1 fully saturated rings. The van der Waals surface area contributed by atoms with E-state index >= 15 is 0 Å². The summed E-state index contributed by atoms with van der Waals surface area (Å²) in [5.74, 6) is 0.231. The van der Waals surface area contributed by atoms with Crippen LogP contribution >= 0.6 is 0 Å². The van der Waals surface area contributed by atoms with Gasteiger partial charge in [0.2, 0.25) is 0 Å². The van der Waals surface area contributed by atoms with E-state index in [1.54, 1.807) is 18.7 Å². The summed E-state index contributed by atoms with van der Waals surface area (Å²) < 4.78 is 5.34. The molecule has 2 N–H and O–H groups in total. The monoisotopic (exact) mass is 254 g/mol. The third-order valence-corrected chi connectivity index (χ3v) is 2.88. The van der Waals surface area contributed by atoms with Crippen molar-refractivity contribution >= 4 is 18.3 Å². The Bertz CT molecular complexity index is 371. The van der Waals surface area contributed by atoms with E-state index in [0.29, 0.717) is 13.1 Å². The molecule has 1 aliphatic heterocycles. The van der Waals surface area contributed by atoms with Crippen LogP contribution in [0.15, 0.2) is 0 Å². The normalized spacial score (nSPS) is 19.7. The van der Waals surface area contributed by atoms with Crippen molar-refractivity contribution in [2.75, 3.05) is 13.1 Å². The molecule has 0 aromatic heterocycles. The highest BCUT2D eigenvalue weighted by Crippen LogP contribution is 2.24. The van der Waals surface area contributed by atoms with Crippen molar-refractivity contribution in [3.05, 3.63) is 0 Å². The topological polar surface area (TPSA) is 80.5 Å². The van der Waals surface area contributed by atoms with E-state index in [2.05, 4.69) is 0 Å². The molecule has 0 aromatic rings. The predicted molar refractivity (Wildman–Crippen MR) is 70.2 cm³/mol. The molecular weight excluding hydrogens is 232 g/mol. The van der Waals surface area contributed by atoms with Gasteiger partial charge in [-0.3, -0.25) is 15.7 Å². The first-order valence-corrected chi connectivity index (χ1v) is 5.96. The van der Waals surface area contributed by atoms with Crippen molar-refractivity contribution in [3.63, 3.8) is 0 Å². The van der Waals surface area contributed by atoms with Crippen molar-refractivity contribution < 1.29 is 9.53 Å². The SMILES string of the molecule is CC(C)(C)OC(=O)N1CCN(C=N)C(=N)C1(C)C. The van der Waals surface area contributed by atoms with Crippen LogP contribution in [-0.4, -0.2) is 52.3 Å². The van der Waals surface area contributed by atoms with Gasteiger partial charge in [0.25, 0.3) is 0 Å². The van der Waals surface area contributed by atoms with Gasteiger partial charge >= 0.3 is 6.09 Å². The van der Waals surface area contributed by atoms with Crippen molar-refractivity contribution in [2.45, 2.75) is 45.8 Å². The van der Waals surface area contributed by atoms with Gasteiger partial charge in [-0.2, -0.15) is 0 Å². The highest BCUT2D eigenvalue weighted by molar-refractivity contribution is 5.98. The van der Waals surface area contributed by atoms with Gasteiger partial charge in [0.05, 0.1) is 11.9 Å². The van der Waals surface area contributed by atoms with Crippen LogP contribution < -0.4 is 0 Å². The first-order chi connectivity index (χ1) is 8.09. The largest absolute Gasteiger partial charge is 0.444 e. The minimum Gasteiger partial charge on any atom is -0.444 e. The highest BCUT2D eigenvalue weighted by atomic mass is 16.6. The fraction of sp³-hybridized carbons (Fsp3) is 0.750. The van der Waals surface area contributed by atoms with Gasteiger partial charge in [-0.05, 0) is 34.6 Å². The third kappa shape index (κ3) is 2.80. The van der Waals surface area contributed by atoms with E-state index in [9.17, 15) is 4.79 Å². The maximum absolute atomic E-state index is 12.1. The molecule has 0 radical (unpaired) electrons. The molecule has 1 saturated heterocycles. The second-order valence-electron chi connectivity index (χ2n) is 5.86. The van der Waals surface area contributed by atoms with Crippen LogP contribution in [0.5, 0.6) is 0 Å². The zero-order chi connectivity index (χ0) is 14.1. The summed E-state index contributed by atoms with van der Waals surface area (Å²) in [6.45, 7) is 9.92. The predicted octanol–water partition coefficient (Wildman–Crippen LogP) is 1.90. The Balaban J connectivity index is 2.88. The van der Waals surface area contributed by atoms with E-state index in [1.165, 1.54) is 4.90 Å². The molecule has 1 rings (SSSR count). The number of hydrogen-bond acceptors (Lipinski definition) is 4. The van der Waals surface area contributed by atoms with Gasteiger partial charge in [-0.25, -0.2) is 4.79 Å². The molecule has 1 heterocycles. The number of carbonyl (C=O) groups is 1. The summed E-state index contributed by atoms with van der Waals surface area (Å²) in [5, 5.41) is 15.3. The molecule has 6 heteroatoms. The number of nitrogens with one attached hydrogen (secondary N) is 2. The van der Waals surface area contributed by atoms with Crippen LogP contribution in [0, 0.1) is 10.8 Å². The number of ether oxygens (including phenoxy) is 1. The van der Waals surface area contributed by atoms with Crippen LogP contribution in [0.1, 0.15) is 34.6 Å². The fourth-order valence-electron chi connectivity index (χ4n) is 1.84. The zero-order valence-corrected chi connectivity index (χ0v) is 11.7. The van der Waals surface area contributed by atoms with Crippen LogP contribution in [0.25, 0.3) is 0 Å². The van der Waals surface area contributed by atoms with Gasteiger partial charge in [0.15, 0.2) is 0 Å². The average molecular weight is 254 g/mol. The molecule has 102 valence electrons. The quantitative estimate of drug-likeness (QED) is 0.554. The van der Waals surface area contributed by atoms with Crippen LogP contribution in [0.4, 0.5) is 4.79 Å². The number of hydrogen-bond donors (Lipinski definition) is 2. The summed E-state index contributed by atoms with van der Waals surface area (Å²) >= 11 is 0. The smallest absolute Gasteiger partial charge is 0.411 e. The summed E-state index contributed by atoms with van der Waals surface area (Å²) in [6.07, 6.45) is 0.707. The van der Waals surface area contributed by atoms with Crippen LogP contribution in [0.3, 0.4) is 0 Å². The summed E-state index contributed by atoms with van der Waals surface area (Å²) in [6, 6.07) is 0. The van der Waals surface area contributed by atoms with E-state index in [1.807, 2.05) is 20.8 Å². The van der Waals surface area contributed by atoms with Gasteiger partial charge < -0.3 is 9.64 Å². The molecule has 6 nitrogen and oxygen atoms in total. The minimum atomic E-state index is -0.766. The molecule has 0 atom stereocenters. The molecule has 0 aliphatic carbocycles. The molecule has 1 aliphatic rings. The lowest BCUT2D eigenvalue weighted by Crippen LogP contribution is -2.64. The van der Waals surface area contributed by atoms with E-state index in [-0.39, 0.29) is 5.84 Å². The Kier molecular flexibility index (Phi) is 3.69. The number of amides is 1. The maximum Gasteiger partial charge on any atom is 0.411 e. The first kappa shape index (κ1) is 14.5. The zero-order valence-electron chi connectivity index (χ0n) is 11.7. The van der Waals surface area contributed by atoms with Gasteiger partial charge in [-0.1, -0.05) is 0 Å². The van der Waals surface area contributed by atoms with Crippen molar-refractivity contribution in [1.82, 2.24) is 9.80 Å². The molecule has 18 heavy (non-hydrogen) atoms. The number of nitrogens with zero attached hydrogens (tertiary/aromatic N) is 2. The Morgan fingerprint density at radius 3 is 2.39 bits per heavy atom. The minimum absolute atomic E-state index is 0.231. The third-order valence-electron chi connectivity index (χ3n) is 2.88.